The number of rotatable bonds is 19. The van der Waals surface area contributed by atoms with E-state index in [0.717, 1.165) is 6.54 Å². The average Bonchev–Trinajstić information content (AvgIpc) is 2.89. The quantitative estimate of drug-likeness (QED) is 0.0743. The number of nitrogens with one attached hydrogen (secondary N) is 1. The van der Waals surface area contributed by atoms with Crippen molar-refractivity contribution in [2.24, 2.45) is 0 Å². The molecule has 1 heterocycles. The number of pyridine rings is 1. The summed E-state index contributed by atoms with van der Waals surface area (Å²) in [5.74, 6) is 1.81. The van der Waals surface area contributed by atoms with Crippen LogP contribution in [0.4, 0.5) is 0 Å². The molecule has 1 aromatic rings. The van der Waals surface area contributed by atoms with Crippen LogP contribution in [0.3, 0.4) is 0 Å². The maximum atomic E-state index is 3.77. The maximum Gasteiger partial charge on any atom is 0.169 e. The topological polar surface area (TPSA) is 8.32 Å². The largest absolute Gasteiger partial charge is 0.340 e. The van der Waals surface area contributed by atoms with Crippen LogP contribution in [-0.2, 0) is 6.54 Å². The average molecular weight is 566 g/mol. The number of allylic oxidation sites excluding steroid dienone is 5. The second-order valence-electron chi connectivity index (χ2n) is 9.88. The lowest BCUT2D eigenvalue weighted by Gasteiger charge is -2.05. The van der Waals surface area contributed by atoms with E-state index in [0.29, 0.717) is 0 Å². The van der Waals surface area contributed by atoms with Gasteiger partial charge in [-0.3, -0.25) is 0 Å². The van der Waals surface area contributed by atoms with Gasteiger partial charge in [-0.1, -0.05) is 138 Å². The summed E-state index contributed by atoms with van der Waals surface area (Å²) < 4.78 is 2.26. The molecular formula is C33H61BrN2+2. The summed E-state index contributed by atoms with van der Waals surface area (Å²) in [5, 5.41) is 0. The predicted octanol–water partition coefficient (Wildman–Crippen LogP) is 8.76. The highest BCUT2D eigenvalue weighted by atomic mass is 79.9. The molecule has 0 saturated heterocycles. The standard InChI is InChI=1S/C18H27N2.C14H30.CH3Br/c1-5-9-17(10-6-2)18-11-15-20(16-12-18)14-8-7-13-19(3)4;1-3-5-7-9-11-13-14-12-10-8-6-4-2;1-2/h5-6,9-12,15-16H,1,7-8,13-14H2,2-4H3;3-14H2,1-2H3;1H3/q+1;;/p+1/b10-6-,17-9+;;. The van der Waals surface area contributed by atoms with E-state index in [9.17, 15) is 0 Å². The number of aromatic nitrogens is 1. The molecular weight excluding hydrogens is 504 g/mol. The second kappa shape index (κ2) is 30.0. The Morgan fingerprint density at radius 2 is 1.28 bits per heavy atom. The van der Waals surface area contributed by atoms with E-state index >= 15 is 0 Å². The Labute approximate surface area is 235 Å². The van der Waals surface area contributed by atoms with E-state index in [4.69, 9.17) is 0 Å². The van der Waals surface area contributed by atoms with Crippen LogP contribution in [-0.4, -0.2) is 26.5 Å². The van der Waals surface area contributed by atoms with Gasteiger partial charge in [-0.15, -0.1) is 0 Å². The van der Waals surface area contributed by atoms with Gasteiger partial charge >= 0.3 is 0 Å². The van der Waals surface area contributed by atoms with Crippen molar-refractivity contribution in [1.82, 2.24) is 0 Å². The lowest BCUT2D eigenvalue weighted by Crippen LogP contribution is -3.05. The molecule has 1 aromatic heterocycles. The van der Waals surface area contributed by atoms with Crippen molar-refractivity contribution >= 4 is 21.5 Å². The third-order valence-electron chi connectivity index (χ3n) is 6.17. The zero-order chi connectivity index (χ0) is 27.3. The molecule has 0 unspecified atom stereocenters. The van der Waals surface area contributed by atoms with Gasteiger partial charge in [0.15, 0.2) is 12.4 Å². The van der Waals surface area contributed by atoms with Crippen LogP contribution in [0.1, 0.15) is 116 Å². The zero-order valence-electron chi connectivity index (χ0n) is 25.0. The zero-order valence-corrected chi connectivity index (χ0v) is 26.6. The maximum absolute atomic E-state index is 3.77. The summed E-state index contributed by atoms with van der Waals surface area (Å²) in [5.41, 5.74) is 2.43. The Balaban J connectivity index is 0. The molecule has 208 valence electrons. The Kier molecular flexibility index (Phi) is 30.8. The van der Waals surface area contributed by atoms with E-state index in [1.165, 1.54) is 112 Å². The van der Waals surface area contributed by atoms with Crippen molar-refractivity contribution < 1.29 is 9.47 Å². The van der Waals surface area contributed by atoms with E-state index in [1.54, 1.807) is 0 Å². The highest BCUT2D eigenvalue weighted by Gasteiger charge is 2.04. The molecule has 0 bridgehead atoms. The molecule has 0 fully saturated rings. The summed E-state index contributed by atoms with van der Waals surface area (Å²) >= 11 is 2.94. The first-order chi connectivity index (χ1) is 17.6. The highest BCUT2D eigenvalue weighted by molar-refractivity contribution is 9.08. The van der Waals surface area contributed by atoms with Crippen molar-refractivity contribution in [2.75, 3.05) is 26.5 Å². The molecule has 36 heavy (non-hydrogen) atoms. The summed E-state index contributed by atoms with van der Waals surface area (Å²) in [4.78, 5) is 1.52. The molecule has 1 rings (SSSR count). The van der Waals surface area contributed by atoms with Crippen LogP contribution in [0, 0.1) is 0 Å². The summed E-state index contributed by atoms with van der Waals surface area (Å²) in [7, 11) is 4.41. The molecule has 0 atom stereocenters. The third kappa shape index (κ3) is 24.5. The van der Waals surface area contributed by atoms with Crippen molar-refractivity contribution in [3.63, 3.8) is 0 Å². The van der Waals surface area contributed by atoms with Gasteiger partial charge in [0.2, 0.25) is 0 Å². The van der Waals surface area contributed by atoms with Crippen LogP contribution in [0.5, 0.6) is 0 Å². The van der Waals surface area contributed by atoms with Gasteiger partial charge in [-0.25, -0.2) is 4.57 Å². The van der Waals surface area contributed by atoms with Crippen LogP contribution in [0.2, 0.25) is 0 Å². The van der Waals surface area contributed by atoms with Crippen molar-refractivity contribution in [2.45, 2.75) is 117 Å². The van der Waals surface area contributed by atoms with Gasteiger partial charge in [0.25, 0.3) is 0 Å². The number of hydrogen-bond acceptors (Lipinski definition) is 0. The SMILES string of the molecule is C=C/C=C(\C=C/C)c1cc[n+](CCCC[NH+](C)C)cc1.CBr.CCCCCCCCCCCCCC. The van der Waals surface area contributed by atoms with E-state index < -0.39 is 0 Å². The molecule has 0 aliphatic heterocycles. The van der Waals surface area contributed by atoms with Gasteiger partial charge in [-0.05, 0) is 23.9 Å². The number of alkyl halides is 1. The number of halogens is 1. The Morgan fingerprint density at radius 1 is 0.806 bits per heavy atom. The first kappa shape index (κ1) is 37.0. The van der Waals surface area contributed by atoms with E-state index in [2.05, 4.69) is 91.7 Å². The van der Waals surface area contributed by atoms with Crippen LogP contribution >= 0.6 is 15.9 Å². The number of quaternary nitrogens is 1. The Hall–Kier alpha value is -1.19. The molecule has 0 aromatic carbocycles. The van der Waals surface area contributed by atoms with Crippen molar-refractivity contribution in [3.05, 3.63) is 61.0 Å². The molecule has 0 spiro atoms. The molecule has 3 heteroatoms. The van der Waals surface area contributed by atoms with Gasteiger partial charge < -0.3 is 4.90 Å². The first-order valence-corrected chi connectivity index (χ1v) is 16.3. The highest BCUT2D eigenvalue weighted by Crippen LogP contribution is 2.14. The molecule has 0 radical (unpaired) electrons. The fourth-order valence-electron chi connectivity index (χ4n) is 4.04. The lowest BCUT2D eigenvalue weighted by atomic mass is 10.1. The molecule has 0 aliphatic carbocycles. The van der Waals surface area contributed by atoms with Gasteiger partial charge in [0.05, 0.1) is 20.6 Å². The second-order valence-corrected chi connectivity index (χ2v) is 9.88. The monoisotopic (exact) mass is 564 g/mol. The summed E-state index contributed by atoms with van der Waals surface area (Å²) in [6, 6.07) is 4.35. The molecule has 0 saturated carbocycles. The Morgan fingerprint density at radius 3 is 1.67 bits per heavy atom. The summed E-state index contributed by atoms with van der Waals surface area (Å²) in [6.45, 7) is 12.7. The predicted molar refractivity (Wildman–Crippen MR) is 168 cm³/mol. The molecule has 1 N–H and O–H groups in total. The van der Waals surface area contributed by atoms with Crippen molar-refractivity contribution in [3.8, 4) is 0 Å². The number of aryl methyl sites for hydroxylation is 1. The molecule has 0 aliphatic rings. The van der Waals surface area contributed by atoms with Gasteiger partial charge in [0, 0.05) is 25.0 Å². The van der Waals surface area contributed by atoms with E-state index in [-0.39, 0.29) is 0 Å². The molecule has 2 nitrogen and oxygen atoms in total. The van der Waals surface area contributed by atoms with Gasteiger partial charge in [-0.2, -0.15) is 0 Å². The fourth-order valence-corrected chi connectivity index (χ4v) is 4.04. The van der Waals surface area contributed by atoms with Crippen LogP contribution in [0.25, 0.3) is 5.57 Å². The first-order valence-electron chi connectivity index (χ1n) is 14.7. The fraction of sp³-hybridized carbons (Fsp3) is 0.667. The third-order valence-corrected chi connectivity index (χ3v) is 6.17. The number of nitrogens with zero attached hydrogens (tertiary/aromatic N) is 1. The molecule has 0 amide bonds. The lowest BCUT2D eigenvalue weighted by molar-refractivity contribution is -0.858. The summed E-state index contributed by atoms with van der Waals surface area (Å²) in [6.07, 6.45) is 32.3. The van der Waals surface area contributed by atoms with Crippen LogP contribution in [0.15, 0.2) is 55.4 Å². The van der Waals surface area contributed by atoms with Crippen LogP contribution < -0.4 is 9.47 Å². The van der Waals surface area contributed by atoms with E-state index in [1.807, 2.05) is 24.9 Å². The minimum Gasteiger partial charge on any atom is -0.340 e. The smallest absolute Gasteiger partial charge is 0.169 e. The van der Waals surface area contributed by atoms with Crippen molar-refractivity contribution in [1.29, 1.82) is 0 Å². The Bertz CT molecular complexity index is 620. The minimum atomic E-state index is 1.09. The number of unbranched alkanes of at least 4 members (excludes halogenated alkanes) is 12. The van der Waals surface area contributed by atoms with Gasteiger partial charge in [0.1, 0.15) is 6.54 Å². The number of hydrogen-bond donors (Lipinski definition) is 1. The minimum absolute atomic E-state index is 1.09. The normalized spacial score (nSPS) is 11.2.